The molecule has 2 aromatic rings. The van der Waals surface area contributed by atoms with E-state index < -0.39 is 24.0 Å². The number of allylic oxidation sites excluding steroid dienone is 2. The molecular weight excluding hydrogens is 586 g/mol. The van der Waals surface area contributed by atoms with E-state index in [0.29, 0.717) is 31.9 Å². The molecule has 3 aliphatic rings. The number of rotatable bonds is 9. The van der Waals surface area contributed by atoms with Crippen LogP contribution in [0.3, 0.4) is 0 Å². The number of nitrogens with one attached hydrogen (secondary N) is 3. The molecule has 1 aromatic heterocycles. The molecule has 14 heteroatoms. The highest BCUT2D eigenvalue weighted by molar-refractivity contribution is 5.96. The van der Waals surface area contributed by atoms with Gasteiger partial charge in [0.05, 0.1) is 30.2 Å². The van der Waals surface area contributed by atoms with Crippen LogP contribution in [0.2, 0.25) is 0 Å². The van der Waals surface area contributed by atoms with Crippen molar-refractivity contribution >= 4 is 23.6 Å². The van der Waals surface area contributed by atoms with E-state index >= 15 is 8.78 Å². The number of imidazole rings is 1. The van der Waals surface area contributed by atoms with Gasteiger partial charge in [0.1, 0.15) is 18.3 Å². The van der Waals surface area contributed by atoms with Crippen molar-refractivity contribution in [1.29, 1.82) is 0 Å². The number of hydrogen-bond donors (Lipinski definition) is 3. The summed E-state index contributed by atoms with van der Waals surface area (Å²) in [7, 11) is 0. The summed E-state index contributed by atoms with van der Waals surface area (Å²) in [6.45, 7) is 6.62. The molecule has 0 bridgehead atoms. The second-order valence-corrected chi connectivity index (χ2v) is 11.4. The Labute approximate surface area is 260 Å². The Morgan fingerprint density at radius 1 is 1.16 bits per heavy atom. The lowest BCUT2D eigenvalue weighted by molar-refractivity contribution is -0.131. The number of alkyl carbamates (subject to hydrolysis) is 1. The van der Waals surface area contributed by atoms with E-state index in [1.807, 2.05) is 35.8 Å². The fourth-order valence-electron chi connectivity index (χ4n) is 5.79. The number of aromatic nitrogens is 2. The number of piperazine rings is 1. The van der Waals surface area contributed by atoms with Crippen molar-refractivity contribution in [2.45, 2.75) is 46.0 Å². The summed E-state index contributed by atoms with van der Waals surface area (Å²) in [6, 6.07) is 7.89. The summed E-state index contributed by atoms with van der Waals surface area (Å²) >= 11 is 0. The fourth-order valence-corrected chi connectivity index (χ4v) is 5.79. The lowest BCUT2D eigenvalue weighted by atomic mass is 9.97. The maximum absolute atomic E-state index is 15.2. The summed E-state index contributed by atoms with van der Waals surface area (Å²) in [6.07, 6.45) is -0.465. The van der Waals surface area contributed by atoms with Crippen LogP contribution in [0, 0.1) is 5.92 Å². The first-order valence-corrected chi connectivity index (χ1v) is 15.4. The Bertz CT molecular complexity index is 1470. The third kappa shape index (κ3) is 7.67. The van der Waals surface area contributed by atoms with Gasteiger partial charge in [-0.25, -0.2) is 18.6 Å². The standard InChI is InChI=1S/C31H40F2N8O4/c1-3-45-31(44)37-15-20(2)14-35-22-12-23(32)29(24(33)13-22)40-10-8-39(9-11-40)27(42)18-36-30(43)28-26-17-34-16-21-6-4-5-7-25(21)41(26)19-38-28/h4-7,19-20,23,34H,3,8-18H2,1-2H3,(H,36,43)(H,37,44). The number of ether oxygens (including phenoxy) is 1. The molecule has 3 N–H and O–H groups in total. The Balaban J connectivity index is 1.10. The zero-order chi connectivity index (χ0) is 31.9. The fraction of sp³-hybridized carbons (Fsp3) is 0.516. The number of aliphatic imine (C=N–C) groups is 1. The first-order chi connectivity index (χ1) is 21.7. The van der Waals surface area contributed by atoms with E-state index in [4.69, 9.17) is 4.74 Å². The van der Waals surface area contributed by atoms with Gasteiger partial charge in [-0.2, -0.15) is 0 Å². The number of alkyl halides is 1. The van der Waals surface area contributed by atoms with Gasteiger partial charge >= 0.3 is 6.09 Å². The number of nitrogens with zero attached hydrogens (tertiary/aromatic N) is 5. The summed E-state index contributed by atoms with van der Waals surface area (Å²) in [5.74, 6) is -1.28. The van der Waals surface area contributed by atoms with Crippen molar-refractivity contribution in [1.82, 2.24) is 35.3 Å². The highest BCUT2D eigenvalue weighted by Gasteiger charge is 2.33. The smallest absolute Gasteiger partial charge is 0.407 e. The van der Waals surface area contributed by atoms with Gasteiger partial charge in [-0.3, -0.25) is 14.6 Å². The zero-order valence-electron chi connectivity index (χ0n) is 25.7. The Kier molecular flexibility index (Phi) is 10.4. The van der Waals surface area contributed by atoms with Gasteiger partial charge in [0, 0.05) is 70.9 Å². The third-order valence-electron chi connectivity index (χ3n) is 8.16. The van der Waals surface area contributed by atoms with Crippen LogP contribution in [-0.4, -0.2) is 102 Å². The van der Waals surface area contributed by atoms with Crippen molar-refractivity contribution in [2.75, 3.05) is 52.4 Å². The topological polar surface area (TPSA) is 133 Å². The number of carbonyl (C=O) groups is 3. The largest absolute Gasteiger partial charge is 0.450 e. The molecule has 3 heterocycles. The first-order valence-electron chi connectivity index (χ1n) is 15.4. The molecule has 1 fully saturated rings. The average molecular weight is 627 g/mol. The van der Waals surface area contributed by atoms with Crippen LogP contribution in [0.1, 0.15) is 48.4 Å². The van der Waals surface area contributed by atoms with E-state index in [0.717, 1.165) is 16.9 Å². The molecule has 2 aliphatic heterocycles. The summed E-state index contributed by atoms with van der Waals surface area (Å²) in [4.78, 5) is 49.4. The molecule has 3 amide bonds. The van der Waals surface area contributed by atoms with Crippen molar-refractivity contribution < 1.29 is 27.9 Å². The molecule has 0 spiro atoms. The van der Waals surface area contributed by atoms with Gasteiger partial charge in [0.25, 0.3) is 5.91 Å². The van der Waals surface area contributed by atoms with E-state index in [2.05, 4.69) is 25.9 Å². The number of carbonyl (C=O) groups excluding carboxylic acids is 3. The zero-order valence-corrected chi connectivity index (χ0v) is 25.7. The molecule has 5 rings (SSSR count). The number of para-hydroxylation sites is 1. The van der Waals surface area contributed by atoms with Gasteiger partial charge in [-0.1, -0.05) is 25.1 Å². The molecule has 1 aliphatic carbocycles. The van der Waals surface area contributed by atoms with Crippen molar-refractivity contribution in [3.05, 3.63) is 59.1 Å². The van der Waals surface area contributed by atoms with Gasteiger partial charge in [0.15, 0.2) is 5.69 Å². The van der Waals surface area contributed by atoms with Gasteiger partial charge in [-0.15, -0.1) is 0 Å². The van der Waals surface area contributed by atoms with Gasteiger partial charge in [0.2, 0.25) is 5.91 Å². The van der Waals surface area contributed by atoms with Crippen LogP contribution in [0.5, 0.6) is 0 Å². The van der Waals surface area contributed by atoms with Crippen LogP contribution >= 0.6 is 0 Å². The van der Waals surface area contributed by atoms with Crippen LogP contribution in [-0.2, 0) is 22.6 Å². The van der Waals surface area contributed by atoms with Crippen LogP contribution in [0.25, 0.3) is 5.69 Å². The molecule has 0 radical (unpaired) electrons. The molecule has 12 nitrogen and oxygen atoms in total. The highest BCUT2D eigenvalue weighted by Crippen LogP contribution is 2.31. The molecule has 1 aromatic carbocycles. The molecular formula is C31H40F2N8O4. The predicted molar refractivity (Wildman–Crippen MR) is 163 cm³/mol. The minimum absolute atomic E-state index is 0.00477. The number of amides is 3. The molecule has 2 atom stereocenters. The molecule has 45 heavy (non-hydrogen) atoms. The maximum atomic E-state index is 15.2. The average Bonchev–Trinajstić information content (AvgIpc) is 3.36. The lowest BCUT2D eigenvalue weighted by Crippen LogP contribution is -2.52. The quantitative estimate of drug-likeness (QED) is 0.390. The van der Waals surface area contributed by atoms with Crippen molar-refractivity contribution in [3.63, 3.8) is 0 Å². The summed E-state index contributed by atoms with van der Waals surface area (Å²) in [5.41, 5.74) is 3.51. The second-order valence-electron chi connectivity index (χ2n) is 11.4. The predicted octanol–water partition coefficient (Wildman–Crippen LogP) is 2.49. The Hall–Kier alpha value is -4.33. The van der Waals surface area contributed by atoms with E-state index in [1.165, 1.54) is 0 Å². The summed E-state index contributed by atoms with van der Waals surface area (Å²) < 4.78 is 37.0. The maximum Gasteiger partial charge on any atom is 0.407 e. The monoisotopic (exact) mass is 626 g/mol. The molecule has 242 valence electrons. The lowest BCUT2D eigenvalue weighted by Gasteiger charge is -2.39. The number of halogens is 2. The normalized spacial score (nSPS) is 19.8. The van der Waals surface area contributed by atoms with Crippen molar-refractivity contribution in [3.8, 4) is 5.69 Å². The Morgan fingerprint density at radius 2 is 1.93 bits per heavy atom. The minimum atomic E-state index is -1.53. The summed E-state index contributed by atoms with van der Waals surface area (Å²) in [5, 5.41) is 8.65. The first kappa shape index (κ1) is 32.1. The van der Waals surface area contributed by atoms with Gasteiger partial charge in [-0.05, 0) is 24.5 Å². The van der Waals surface area contributed by atoms with E-state index in [9.17, 15) is 14.4 Å². The van der Waals surface area contributed by atoms with Crippen LogP contribution in [0.4, 0.5) is 13.6 Å². The van der Waals surface area contributed by atoms with Crippen molar-refractivity contribution in [2.24, 2.45) is 10.9 Å². The molecule has 0 saturated carbocycles. The SMILES string of the molecule is CCOC(=O)NCC(C)CN=C1CC(F)=C(N2CCN(C(=O)CNC(=O)c3ncn4c3CNCc3ccccc3-4)CC2)C(F)C1. The minimum Gasteiger partial charge on any atom is -0.450 e. The Morgan fingerprint density at radius 3 is 2.69 bits per heavy atom. The number of benzene rings is 1. The van der Waals surface area contributed by atoms with Gasteiger partial charge < -0.3 is 35.1 Å². The highest BCUT2D eigenvalue weighted by atomic mass is 19.1. The molecule has 1 saturated heterocycles. The van der Waals surface area contributed by atoms with Crippen LogP contribution in [0.15, 0.2) is 47.1 Å². The molecule has 2 unspecified atom stereocenters. The van der Waals surface area contributed by atoms with Crippen LogP contribution < -0.4 is 16.0 Å². The third-order valence-corrected chi connectivity index (χ3v) is 8.16. The number of hydrogen-bond acceptors (Lipinski definition) is 8. The second kappa shape index (κ2) is 14.6. The van der Waals surface area contributed by atoms with E-state index in [-0.39, 0.29) is 75.4 Å². The van der Waals surface area contributed by atoms with E-state index in [1.54, 1.807) is 23.1 Å². The number of fused-ring (bicyclic) bond motifs is 3.